The van der Waals surface area contributed by atoms with Gasteiger partial charge in [0.2, 0.25) is 5.91 Å². The van der Waals surface area contributed by atoms with Crippen LogP contribution >= 0.6 is 0 Å². The minimum atomic E-state index is -0.297. The van der Waals surface area contributed by atoms with Crippen molar-refractivity contribution in [1.29, 1.82) is 0 Å². The van der Waals surface area contributed by atoms with E-state index in [1.165, 1.54) is 24.3 Å². The lowest BCUT2D eigenvalue weighted by molar-refractivity contribution is -0.157. The Kier molecular flexibility index (Phi) is 5.92. The lowest BCUT2D eigenvalue weighted by Gasteiger charge is -2.47. The van der Waals surface area contributed by atoms with Gasteiger partial charge in [0.1, 0.15) is 17.2 Å². The van der Waals surface area contributed by atoms with Crippen LogP contribution in [0, 0.1) is 17.6 Å². The lowest BCUT2D eigenvalue weighted by Crippen LogP contribution is -2.63. The summed E-state index contributed by atoms with van der Waals surface area (Å²) in [7, 11) is 0. The van der Waals surface area contributed by atoms with Gasteiger partial charge in [0.25, 0.3) is 0 Å². The molecule has 0 aromatic heterocycles. The van der Waals surface area contributed by atoms with E-state index in [0.717, 1.165) is 24.0 Å². The number of hydrogen-bond donors (Lipinski definition) is 0. The smallest absolute Gasteiger partial charge is 0.227 e. The molecule has 2 saturated heterocycles. The Morgan fingerprint density at radius 1 is 1.10 bits per heavy atom. The number of halogens is 2. The fourth-order valence-corrected chi connectivity index (χ4v) is 4.13. The molecule has 0 saturated carbocycles. The zero-order valence-corrected chi connectivity index (χ0v) is 16.3. The summed E-state index contributed by atoms with van der Waals surface area (Å²) in [5.41, 5.74) is 1.43. The zero-order valence-electron chi connectivity index (χ0n) is 16.3. The van der Waals surface area contributed by atoms with E-state index in [9.17, 15) is 13.6 Å². The standard InChI is InChI=1S/C23H25F2NO3/c24-20-6-4-17(5-7-20)11-22(27)26-15-23(16-26)12-19(14-29-23)8-9-28-13-18-2-1-3-21(25)10-18/h1-7,10,19H,8-9,11-16H2. The molecular formula is C23H25F2NO3. The highest BCUT2D eigenvalue weighted by molar-refractivity contribution is 5.80. The van der Waals surface area contributed by atoms with Crippen LogP contribution in [-0.4, -0.2) is 42.7 Å². The topological polar surface area (TPSA) is 38.8 Å². The van der Waals surface area contributed by atoms with Crippen molar-refractivity contribution in [2.24, 2.45) is 5.92 Å². The molecule has 2 aromatic rings. The van der Waals surface area contributed by atoms with Crippen LogP contribution in [0.4, 0.5) is 8.78 Å². The van der Waals surface area contributed by atoms with Crippen LogP contribution in [0.3, 0.4) is 0 Å². The van der Waals surface area contributed by atoms with Gasteiger partial charge in [-0.2, -0.15) is 0 Å². The van der Waals surface area contributed by atoms with E-state index in [1.54, 1.807) is 18.2 Å². The first kappa shape index (κ1) is 20.0. The number of likely N-dealkylation sites (tertiary alicyclic amines) is 1. The molecule has 1 amide bonds. The van der Waals surface area contributed by atoms with Crippen LogP contribution in [-0.2, 0) is 27.3 Å². The summed E-state index contributed by atoms with van der Waals surface area (Å²) in [5, 5.41) is 0. The van der Waals surface area contributed by atoms with Crippen molar-refractivity contribution in [3.05, 3.63) is 71.3 Å². The summed E-state index contributed by atoms with van der Waals surface area (Å²) >= 11 is 0. The molecule has 2 fully saturated rings. The minimum Gasteiger partial charge on any atom is -0.377 e. The molecule has 2 aromatic carbocycles. The molecule has 2 heterocycles. The van der Waals surface area contributed by atoms with E-state index in [0.29, 0.717) is 38.8 Å². The fourth-order valence-electron chi connectivity index (χ4n) is 4.13. The van der Waals surface area contributed by atoms with Gasteiger partial charge >= 0.3 is 0 Å². The van der Waals surface area contributed by atoms with Crippen molar-refractivity contribution in [2.45, 2.75) is 31.5 Å². The molecule has 0 radical (unpaired) electrons. The second-order valence-corrected chi connectivity index (χ2v) is 8.09. The minimum absolute atomic E-state index is 0.0488. The van der Waals surface area contributed by atoms with Crippen LogP contribution in [0.15, 0.2) is 48.5 Å². The largest absolute Gasteiger partial charge is 0.377 e. The van der Waals surface area contributed by atoms with Crippen molar-refractivity contribution in [2.75, 3.05) is 26.3 Å². The summed E-state index contributed by atoms with van der Waals surface area (Å²) in [6, 6.07) is 12.5. The van der Waals surface area contributed by atoms with E-state index >= 15 is 0 Å². The predicted molar refractivity (Wildman–Crippen MR) is 104 cm³/mol. The number of benzene rings is 2. The first-order valence-corrected chi connectivity index (χ1v) is 10.00. The van der Waals surface area contributed by atoms with Crippen LogP contribution < -0.4 is 0 Å². The molecule has 0 N–H and O–H groups in total. The third kappa shape index (κ3) is 5.00. The Balaban J connectivity index is 1.16. The summed E-state index contributed by atoms with van der Waals surface area (Å²) in [4.78, 5) is 14.2. The van der Waals surface area contributed by atoms with Crippen molar-refractivity contribution in [3.8, 4) is 0 Å². The second-order valence-electron chi connectivity index (χ2n) is 8.09. The Bertz CT molecular complexity index is 849. The normalized spacial score (nSPS) is 20.1. The molecule has 4 rings (SSSR count). The fraction of sp³-hybridized carbons (Fsp3) is 0.435. The van der Waals surface area contributed by atoms with Gasteiger partial charge in [-0.15, -0.1) is 0 Å². The molecule has 6 heteroatoms. The Hall–Kier alpha value is -2.31. The molecule has 1 unspecified atom stereocenters. The van der Waals surface area contributed by atoms with Crippen LogP contribution in [0.2, 0.25) is 0 Å². The summed E-state index contributed by atoms with van der Waals surface area (Å²) in [6.07, 6.45) is 2.10. The third-order valence-electron chi connectivity index (χ3n) is 5.69. The summed E-state index contributed by atoms with van der Waals surface area (Å²) in [6.45, 7) is 2.93. The average Bonchev–Trinajstić information content (AvgIpc) is 3.11. The number of hydrogen-bond acceptors (Lipinski definition) is 3. The molecule has 29 heavy (non-hydrogen) atoms. The zero-order chi connectivity index (χ0) is 20.3. The molecule has 4 nitrogen and oxygen atoms in total. The van der Waals surface area contributed by atoms with Gasteiger partial charge in [-0.3, -0.25) is 4.79 Å². The highest BCUT2D eigenvalue weighted by Crippen LogP contribution is 2.39. The van der Waals surface area contributed by atoms with Gasteiger partial charge < -0.3 is 14.4 Å². The first-order chi connectivity index (χ1) is 14.0. The number of nitrogens with zero attached hydrogens (tertiary/aromatic N) is 1. The monoisotopic (exact) mass is 401 g/mol. The van der Waals surface area contributed by atoms with Gasteiger partial charge in [0.05, 0.1) is 32.7 Å². The summed E-state index contributed by atoms with van der Waals surface area (Å²) < 4.78 is 37.8. The van der Waals surface area contributed by atoms with Gasteiger partial charge in [-0.1, -0.05) is 24.3 Å². The van der Waals surface area contributed by atoms with Crippen molar-refractivity contribution in [3.63, 3.8) is 0 Å². The SMILES string of the molecule is O=C(Cc1ccc(F)cc1)N1CC2(CC(CCOCc3cccc(F)c3)CO2)C1. The lowest BCUT2D eigenvalue weighted by atomic mass is 9.85. The van der Waals surface area contributed by atoms with Crippen LogP contribution in [0.25, 0.3) is 0 Å². The van der Waals surface area contributed by atoms with E-state index < -0.39 is 0 Å². The Morgan fingerprint density at radius 2 is 1.90 bits per heavy atom. The van der Waals surface area contributed by atoms with E-state index in [2.05, 4.69) is 0 Å². The van der Waals surface area contributed by atoms with Gasteiger partial charge in [-0.05, 0) is 54.2 Å². The van der Waals surface area contributed by atoms with E-state index in [4.69, 9.17) is 9.47 Å². The second kappa shape index (κ2) is 8.59. The van der Waals surface area contributed by atoms with E-state index in [-0.39, 0.29) is 29.6 Å². The maximum Gasteiger partial charge on any atom is 0.227 e. The molecular weight excluding hydrogens is 376 g/mol. The molecule has 0 bridgehead atoms. The van der Waals surface area contributed by atoms with Gasteiger partial charge in [-0.25, -0.2) is 8.78 Å². The maximum atomic E-state index is 13.2. The van der Waals surface area contributed by atoms with Crippen molar-refractivity contribution < 1.29 is 23.0 Å². The molecule has 2 aliphatic rings. The molecule has 1 spiro atoms. The maximum absolute atomic E-state index is 13.2. The molecule has 1 atom stereocenters. The molecule has 2 aliphatic heterocycles. The Labute approximate surface area is 169 Å². The highest BCUT2D eigenvalue weighted by Gasteiger charge is 2.50. The number of ether oxygens (including phenoxy) is 2. The first-order valence-electron chi connectivity index (χ1n) is 10.00. The number of carbonyl (C=O) groups is 1. The molecule has 154 valence electrons. The van der Waals surface area contributed by atoms with Crippen molar-refractivity contribution >= 4 is 5.91 Å². The summed E-state index contributed by atoms with van der Waals surface area (Å²) in [5.74, 6) is -0.0836. The predicted octanol–water partition coefficient (Wildman–Crippen LogP) is 3.73. The molecule has 0 aliphatic carbocycles. The highest BCUT2D eigenvalue weighted by atomic mass is 19.1. The quantitative estimate of drug-likeness (QED) is 0.664. The van der Waals surface area contributed by atoms with Crippen molar-refractivity contribution in [1.82, 2.24) is 4.90 Å². The Morgan fingerprint density at radius 3 is 2.66 bits per heavy atom. The van der Waals surface area contributed by atoms with Gasteiger partial charge in [0, 0.05) is 6.61 Å². The van der Waals surface area contributed by atoms with Crippen LogP contribution in [0.1, 0.15) is 24.0 Å². The number of carbonyl (C=O) groups excluding carboxylic acids is 1. The average molecular weight is 401 g/mol. The number of rotatable bonds is 7. The number of amides is 1. The van der Waals surface area contributed by atoms with Crippen LogP contribution in [0.5, 0.6) is 0 Å². The van der Waals surface area contributed by atoms with E-state index in [1.807, 2.05) is 11.0 Å². The third-order valence-corrected chi connectivity index (χ3v) is 5.69. The van der Waals surface area contributed by atoms with Gasteiger partial charge in [0.15, 0.2) is 0 Å².